The Bertz CT molecular complexity index is 986. The van der Waals surface area contributed by atoms with E-state index in [-0.39, 0.29) is 29.5 Å². The number of ether oxygens (including phenoxy) is 3. The van der Waals surface area contributed by atoms with Gasteiger partial charge in [-0.1, -0.05) is 19.1 Å². The van der Waals surface area contributed by atoms with Gasteiger partial charge in [-0.15, -0.1) is 0 Å². The van der Waals surface area contributed by atoms with Crippen molar-refractivity contribution >= 4 is 15.9 Å². The van der Waals surface area contributed by atoms with E-state index in [4.69, 9.17) is 14.2 Å². The van der Waals surface area contributed by atoms with Gasteiger partial charge in [0.25, 0.3) is 5.91 Å². The number of nitrogens with one attached hydrogen (secondary N) is 1. The normalized spacial score (nSPS) is 14.3. The van der Waals surface area contributed by atoms with E-state index in [0.717, 1.165) is 6.42 Å². The molecule has 0 bridgehead atoms. The fourth-order valence-electron chi connectivity index (χ4n) is 3.21. The van der Waals surface area contributed by atoms with Crippen LogP contribution in [0.2, 0.25) is 0 Å². The Kier molecular flexibility index (Phi) is 7.89. The molecule has 0 radical (unpaired) electrons. The number of morpholine rings is 1. The first-order chi connectivity index (χ1) is 14.9. The van der Waals surface area contributed by atoms with E-state index in [1.807, 2.05) is 24.3 Å². The number of hydrogen-bond donors (Lipinski definition) is 1. The van der Waals surface area contributed by atoms with E-state index in [1.165, 1.54) is 30.9 Å². The van der Waals surface area contributed by atoms with Crippen molar-refractivity contribution in [2.24, 2.45) is 0 Å². The summed E-state index contributed by atoms with van der Waals surface area (Å²) in [5.74, 6) is 0.726. The van der Waals surface area contributed by atoms with Crippen molar-refractivity contribution in [3.63, 3.8) is 0 Å². The molecule has 1 aliphatic heterocycles. The SMILES string of the molecule is CCc1ccc(OCCNS(=O)(=O)c2ccc(OC)c(C(=O)N3CCOCC3)c2)cc1. The highest BCUT2D eigenvalue weighted by molar-refractivity contribution is 7.89. The summed E-state index contributed by atoms with van der Waals surface area (Å²) in [6, 6.07) is 11.9. The summed E-state index contributed by atoms with van der Waals surface area (Å²) in [4.78, 5) is 14.5. The molecule has 2 aromatic rings. The first kappa shape index (κ1) is 23.1. The first-order valence-corrected chi connectivity index (χ1v) is 11.7. The Morgan fingerprint density at radius 3 is 2.48 bits per heavy atom. The van der Waals surface area contributed by atoms with E-state index >= 15 is 0 Å². The smallest absolute Gasteiger partial charge is 0.257 e. The second-order valence-corrected chi connectivity index (χ2v) is 8.78. The Hall–Kier alpha value is -2.62. The van der Waals surface area contributed by atoms with Crippen LogP contribution in [0, 0.1) is 0 Å². The molecular formula is C22H28N2O6S. The lowest BCUT2D eigenvalue weighted by molar-refractivity contribution is 0.0300. The summed E-state index contributed by atoms with van der Waals surface area (Å²) in [5, 5.41) is 0. The van der Waals surface area contributed by atoms with Crippen LogP contribution in [0.3, 0.4) is 0 Å². The molecule has 9 heteroatoms. The van der Waals surface area contributed by atoms with E-state index in [0.29, 0.717) is 37.8 Å². The van der Waals surface area contributed by atoms with Crippen molar-refractivity contribution in [2.75, 3.05) is 46.6 Å². The topological polar surface area (TPSA) is 94.2 Å². The molecule has 1 fully saturated rings. The van der Waals surface area contributed by atoms with Crippen LogP contribution in [0.15, 0.2) is 47.4 Å². The lowest BCUT2D eigenvalue weighted by Crippen LogP contribution is -2.40. The number of amides is 1. The van der Waals surface area contributed by atoms with Gasteiger partial charge in [0.15, 0.2) is 0 Å². The summed E-state index contributed by atoms with van der Waals surface area (Å²) in [6.07, 6.45) is 0.942. The molecule has 1 aliphatic rings. The lowest BCUT2D eigenvalue weighted by atomic mass is 10.1. The highest BCUT2D eigenvalue weighted by Crippen LogP contribution is 2.24. The van der Waals surface area contributed by atoms with Gasteiger partial charge >= 0.3 is 0 Å². The lowest BCUT2D eigenvalue weighted by Gasteiger charge is -2.27. The minimum atomic E-state index is -3.82. The number of nitrogens with zero attached hydrogens (tertiary/aromatic N) is 1. The van der Waals surface area contributed by atoms with Crippen LogP contribution < -0.4 is 14.2 Å². The molecule has 0 unspecified atom stereocenters. The van der Waals surface area contributed by atoms with Crippen molar-refractivity contribution < 1.29 is 27.4 Å². The Labute approximate surface area is 183 Å². The van der Waals surface area contributed by atoms with Crippen LogP contribution >= 0.6 is 0 Å². The number of methoxy groups -OCH3 is 1. The molecule has 0 aliphatic carbocycles. The van der Waals surface area contributed by atoms with Crippen molar-refractivity contribution in [3.8, 4) is 11.5 Å². The molecule has 0 aromatic heterocycles. The van der Waals surface area contributed by atoms with Crippen LogP contribution in [0.25, 0.3) is 0 Å². The molecule has 0 saturated carbocycles. The largest absolute Gasteiger partial charge is 0.496 e. The molecule has 168 valence electrons. The average molecular weight is 449 g/mol. The third kappa shape index (κ3) is 5.96. The predicted molar refractivity (Wildman–Crippen MR) is 116 cm³/mol. The molecule has 0 spiro atoms. The summed E-state index contributed by atoms with van der Waals surface area (Å²) in [6.45, 7) is 4.16. The standard InChI is InChI=1S/C22H28N2O6S/c1-3-17-4-6-18(7-5-17)30-13-10-23-31(26,27)19-8-9-21(28-2)20(16-19)22(25)24-11-14-29-15-12-24/h4-9,16,23H,3,10-15H2,1-2H3. The third-order valence-corrected chi connectivity index (χ3v) is 6.46. The van der Waals surface area contributed by atoms with Crippen LogP contribution in [-0.4, -0.2) is 65.8 Å². The van der Waals surface area contributed by atoms with Crippen LogP contribution in [-0.2, 0) is 21.2 Å². The zero-order chi connectivity index (χ0) is 22.3. The van der Waals surface area contributed by atoms with Crippen LogP contribution in [0.1, 0.15) is 22.8 Å². The van der Waals surface area contributed by atoms with Gasteiger partial charge in [-0.05, 0) is 42.3 Å². The van der Waals surface area contributed by atoms with E-state index < -0.39 is 10.0 Å². The molecular weight excluding hydrogens is 420 g/mol. The summed E-state index contributed by atoms with van der Waals surface area (Å²) in [5.41, 5.74) is 1.41. The zero-order valence-electron chi connectivity index (χ0n) is 17.8. The van der Waals surface area contributed by atoms with Crippen molar-refractivity contribution in [3.05, 3.63) is 53.6 Å². The quantitative estimate of drug-likeness (QED) is 0.591. The minimum absolute atomic E-state index is 0.00259. The van der Waals surface area contributed by atoms with Crippen molar-refractivity contribution in [1.82, 2.24) is 9.62 Å². The number of aryl methyl sites for hydroxylation is 1. The Morgan fingerprint density at radius 2 is 1.84 bits per heavy atom. The van der Waals surface area contributed by atoms with Gasteiger partial charge in [0.1, 0.15) is 18.1 Å². The number of carbonyl (C=O) groups excluding carboxylic acids is 1. The molecule has 2 aromatic carbocycles. The van der Waals surface area contributed by atoms with Gasteiger partial charge in [-0.25, -0.2) is 13.1 Å². The monoisotopic (exact) mass is 448 g/mol. The molecule has 1 amide bonds. The van der Waals surface area contributed by atoms with Crippen LogP contribution in [0.4, 0.5) is 0 Å². The highest BCUT2D eigenvalue weighted by Gasteiger charge is 2.24. The Morgan fingerprint density at radius 1 is 1.13 bits per heavy atom. The first-order valence-electron chi connectivity index (χ1n) is 10.2. The molecule has 1 N–H and O–H groups in total. The van der Waals surface area contributed by atoms with Crippen molar-refractivity contribution in [1.29, 1.82) is 0 Å². The summed E-state index contributed by atoms with van der Waals surface area (Å²) < 4.78 is 44.1. The van der Waals surface area contributed by atoms with Gasteiger partial charge in [0, 0.05) is 19.6 Å². The maximum absolute atomic E-state index is 12.9. The minimum Gasteiger partial charge on any atom is -0.496 e. The number of carbonyl (C=O) groups is 1. The second-order valence-electron chi connectivity index (χ2n) is 7.01. The number of hydrogen-bond acceptors (Lipinski definition) is 6. The molecule has 8 nitrogen and oxygen atoms in total. The summed E-state index contributed by atoms with van der Waals surface area (Å²) in [7, 11) is -2.37. The van der Waals surface area contributed by atoms with Gasteiger partial charge in [0.05, 0.1) is 30.8 Å². The number of rotatable bonds is 9. The van der Waals surface area contributed by atoms with Crippen LogP contribution in [0.5, 0.6) is 11.5 Å². The molecule has 1 heterocycles. The van der Waals surface area contributed by atoms with Gasteiger partial charge in [0.2, 0.25) is 10.0 Å². The van der Waals surface area contributed by atoms with Gasteiger partial charge < -0.3 is 19.1 Å². The third-order valence-electron chi connectivity index (χ3n) is 5.00. The van der Waals surface area contributed by atoms with Gasteiger partial charge in [-0.3, -0.25) is 4.79 Å². The van der Waals surface area contributed by atoms with E-state index in [9.17, 15) is 13.2 Å². The van der Waals surface area contributed by atoms with E-state index in [2.05, 4.69) is 11.6 Å². The second kappa shape index (κ2) is 10.6. The van der Waals surface area contributed by atoms with E-state index in [1.54, 1.807) is 4.90 Å². The Balaban J connectivity index is 1.64. The average Bonchev–Trinajstić information content (AvgIpc) is 2.82. The maximum atomic E-state index is 12.9. The zero-order valence-corrected chi connectivity index (χ0v) is 18.6. The number of sulfonamides is 1. The summed E-state index contributed by atoms with van der Waals surface area (Å²) >= 11 is 0. The molecule has 31 heavy (non-hydrogen) atoms. The molecule has 3 rings (SSSR count). The predicted octanol–water partition coefficient (Wildman–Crippen LogP) is 2.09. The highest BCUT2D eigenvalue weighted by atomic mass is 32.2. The fraction of sp³-hybridized carbons (Fsp3) is 0.409. The van der Waals surface area contributed by atoms with Crippen molar-refractivity contribution in [2.45, 2.75) is 18.2 Å². The van der Waals surface area contributed by atoms with Gasteiger partial charge in [-0.2, -0.15) is 0 Å². The number of benzene rings is 2. The molecule has 0 atom stereocenters. The molecule has 1 saturated heterocycles. The fourth-order valence-corrected chi connectivity index (χ4v) is 4.25. The maximum Gasteiger partial charge on any atom is 0.257 e.